The number of fused-ring (bicyclic) bond motifs is 1. The Bertz CT molecular complexity index is 1420. The predicted molar refractivity (Wildman–Crippen MR) is 127 cm³/mol. The quantitative estimate of drug-likeness (QED) is 0.255. The number of halogens is 1. The molecule has 0 bridgehead atoms. The summed E-state index contributed by atoms with van der Waals surface area (Å²) < 4.78 is 13.8. The Labute approximate surface area is 191 Å². The first kappa shape index (κ1) is 22.0. The molecule has 0 atom stereocenters. The molecule has 33 heavy (non-hydrogen) atoms. The van der Waals surface area contributed by atoms with Crippen LogP contribution in [0.2, 0.25) is 0 Å². The second-order valence-electron chi connectivity index (χ2n) is 6.93. The van der Waals surface area contributed by atoms with Gasteiger partial charge in [0.15, 0.2) is 11.0 Å². The molecule has 1 aromatic heterocycles. The molecule has 10 heteroatoms. The van der Waals surface area contributed by atoms with E-state index >= 15 is 0 Å². The van der Waals surface area contributed by atoms with Crippen molar-refractivity contribution in [3.63, 3.8) is 0 Å². The van der Waals surface area contributed by atoms with Gasteiger partial charge in [0.05, 0.1) is 11.3 Å². The minimum Gasteiger partial charge on any atom is -0.382 e. The van der Waals surface area contributed by atoms with Gasteiger partial charge < -0.3 is 16.4 Å². The fraction of sp³-hybridized carbons (Fsp3) is 0.0435. The number of anilines is 3. The number of carbonyl (C=O) groups is 2. The summed E-state index contributed by atoms with van der Waals surface area (Å²) >= 11 is 0.977. The molecule has 0 saturated heterocycles. The van der Waals surface area contributed by atoms with Crippen LogP contribution in [0.15, 0.2) is 76.7 Å². The number of nitrogens with zero attached hydrogens (tertiary/aromatic N) is 1. The molecular formula is C23H18FN5O3S. The van der Waals surface area contributed by atoms with Gasteiger partial charge in [-0.3, -0.25) is 19.4 Å². The Balaban J connectivity index is 1.43. The minimum absolute atomic E-state index is 0.0352. The van der Waals surface area contributed by atoms with E-state index in [1.165, 1.54) is 18.2 Å². The van der Waals surface area contributed by atoms with Crippen LogP contribution in [0.1, 0.15) is 10.4 Å². The van der Waals surface area contributed by atoms with Gasteiger partial charge in [-0.15, -0.1) is 0 Å². The molecule has 166 valence electrons. The van der Waals surface area contributed by atoms with E-state index in [0.29, 0.717) is 5.69 Å². The van der Waals surface area contributed by atoms with Crippen LogP contribution in [0, 0.1) is 5.82 Å². The van der Waals surface area contributed by atoms with Crippen LogP contribution in [0.3, 0.4) is 0 Å². The maximum Gasteiger partial charge on any atom is 0.277 e. The zero-order valence-electron chi connectivity index (χ0n) is 17.1. The molecule has 0 aliphatic rings. The van der Waals surface area contributed by atoms with Crippen molar-refractivity contribution in [3.8, 4) is 0 Å². The standard InChI is InChI=1S/C23H18FN5O3S/c24-16-10-4-3-9-15(16)21(31)27-19-20(25)28-23(29-22(19)32)33-12-18(30)26-17-11-5-7-13-6-1-2-8-14(13)17/h1-11H,12H2,(H,26,30)(H,27,31)(H3,25,28,29,32). The van der Waals surface area contributed by atoms with E-state index in [4.69, 9.17) is 5.73 Å². The average molecular weight is 463 g/mol. The molecule has 5 N–H and O–H groups in total. The number of carbonyl (C=O) groups excluding carboxylic acids is 2. The highest BCUT2D eigenvalue weighted by Gasteiger charge is 2.17. The van der Waals surface area contributed by atoms with Crippen molar-refractivity contribution in [2.45, 2.75) is 5.16 Å². The van der Waals surface area contributed by atoms with Crippen LogP contribution in [0.4, 0.5) is 21.6 Å². The summed E-state index contributed by atoms with van der Waals surface area (Å²) in [6, 6.07) is 18.6. The van der Waals surface area contributed by atoms with Crippen LogP contribution in [-0.4, -0.2) is 27.5 Å². The molecule has 0 saturated carbocycles. The summed E-state index contributed by atoms with van der Waals surface area (Å²) in [5.41, 5.74) is 5.24. The molecular weight excluding hydrogens is 445 g/mol. The van der Waals surface area contributed by atoms with Crippen molar-refractivity contribution in [3.05, 3.63) is 88.5 Å². The molecule has 1 heterocycles. The Hall–Kier alpha value is -4.18. The van der Waals surface area contributed by atoms with Gasteiger partial charge in [-0.2, -0.15) is 0 Å². The smallest absolute Gasteiger partial charge is 0.277 e. The highest BCUT2D eigenvalue weighted by Crippen LogP contribution is 2.24. The lowest BCUT2D eigenvalue weighted by Gasteiger charge is -2.10. The number of rotatable bonds is 6. The lowest BCUT2D eigenvalue weighted by molar-refractivity contribution is -0.113. The van der Waals surface area contributed by atoms with Crippen LogP contribution >= 0.6 is 11.8 Å². The molecule has 4 aromatic rings. The van der Waals surface area contributed by atoms with Crippen LogP contribution < -0.4 is 21.9 Å². The summed E-state index contributed by atoms with van der Waals surface area (Å²) in [5, 5.41) is 7.13. The molecule has 4 rings (SSSR count). The lowest BCUT2D eigenvalue weighted by Crippen LogP contribution is -2.24. The van der Waals surface area contributed by atoms with E-state index in [0.717, 1.165) is 28.6 Å². The molecule has 3 aromatic carbocycles. The minimum atomic E-state index is -0.832. The van der Waals surface area contributed by atoms with E-state index in [1.54, 1.807) is 6.07 Å². The fourth-order valence-corrected chi connectivity index (χ4v) is 3.81. The van der Waals surface area contributed by atoms with Crippen LogP contribution in [0.5, 0.6) is 0 Å². The van der Waals surface area contributed by atoms with Crippen molar-refractivity contribution in [1.82, 2.24) is 9.97 Å². The Kier molecular flexibility index (Phi) is 6.36. The average Bonchev–Trinajstić information content (AvgIpc) is 2.80. The topological polar surface area (TPSA) is 130 Å². The largest absolute Gasteiger partial charge is 0.382 e. The van der Waals surface area contributed by atoms with E-state index in [2.05, 4.69) is 20.6 Å². The zero-order valence-corrected chi connectivity index (χ0v) is 17.9. The number of hydrogen-bond acceptors (Lipinski definition) is 6. The zero-order chi connectivity index (χ0) is 23.4. The Morgan fingerprint density at radius 3 is 2.52 bits per heavy atom. The highest BCUT2D eigenvalue weighted by atomic mass is 32.2. The summed E-state index contributed by atoms with van der Waals surface area (Å²) in [4.78, 5) is 43.6. The maximum atomic E-state index is 13.8. The van der Waals surface area contributed by atoms with Gasteiger partial charge in [0.2, 0.25) is 5.91 Å². The first-order chi connectivity index (χ1) is 15.9. The fourth-order valence-electron chi connectivity index (χ4n) is 3.14. The van der Waals surface area contributed by atoms with Crippen LogP contribution in [-0.2, 0) is 4.79 Å². The van der Waals surface area contributed by atoms with E-state index in [1.807, 2.05) is 36.4 Å². The van der Waals surface area contributed by atoms with Gasteiger partial charge >= 0.3 is 0 Å². The first-order valence-corrected chi connectivity index (χ1v) is 10.8. The monoisotopic (exact) mass is 463 g/mol. The molecule has 2 amide bonds. The van der Waals surface area contributed by atoms with Crippen molar-refractivity contribution in [2.24, 2.45) is 0 Å². The summed E-state index contributed by atoms with van der Waals surface area (Å²) in [5.74, 6) is -2.15. The predicted octanol–water partition coefficient (Wildman–Crippen LogP) is 3.63. The van der Waals surface area contributed by atoms with Crippen molar-refractivity contribution in [1.29, 1.82) is 0 Å². The van der Waals surface area contributed by atoms with Crippen molar-refractivity contribution >= 4 is 51.5 Å². The van der Waals surface area contributed by atoms with Crippen molar-refractivity contribution < 1.29 is 14.0 Å². The van der Waals surface area contributed by atoms with Gasteiger partial charge in [-0.25, -0.2) is 9.37 Å². The normalized spacial score (nSPS) is 10.7. The first-order valence-electron chi connectivity index (χ1n) is 9.78. The van der Waals surface area contributed by atoms with E-state index in [-0.39, 0.29) is 33.9 Å². The SMILES string of the molecule is Nc1nc(SCC(=O)Nc2cccc3ccccc23)[nH]c(=O)c1NC(=O)c1ccccc1F. The summed E-state index contributed by atoms with van der Waals surface area (Å²) in [6.07, 6.45) is 0. The number of H-pyrrole nitrogens is 1. The molecule has 0 fully saturated rings. The second-order valence-corrected chi connectivity index (χ2v) is 7.89. The number of amides is 2. The number of hydrogen-bond donors (Lipinski definition) is 4. The number of benzene rings is 3. The maximum absolute atomic E-state index is 13.8. The molecule has 0 aliphatic carbocycles. The third kappa shape index (κ3) is 5.01. The number of aromatic amines is 1. The van der Waals surface area contributed by atoms with E-state index in [9.17, 15) is 18.8 Å². The van der Waals surface area contributed by atoms with Gasteiger partial charge in [0.25, 0.3) is 11.5 Å². The molecule has 0 radical (unpaired) electrons. The second kappa shape index (κ2) is 9.53. The molecule has 0 aliphatic heterocycles. The van der Waals surface area contributed by atoms with Gasteiger partial charge in [0, 0.05) is 11.1 Å². The molecule has 8 nitrogen and oxygen atoms in total. The molecule has 0 spiro atoms. The number of thioether (sulfide) groups is 1. The number of nitrogens with two attached hydrogens (primary N) is 1. The number of nitrogens with one attached hydrogen (secondary N) is 3. The van der Waals surface area contributed by atoms with Gasteiger partial charge in [-0.05, 0) is 23.6 Å². The van der Waals surface area contributed by atoms with E-state index < -0.39 is 17.3 Å². The third-order valence-corrected chi connectivity index (χ3v) is 5.56. The Morgan fingerprint density at radius 1 is 1.00 bits per heavy atom. The lowest BCUT2D eigenvalue weighted by atomic mass is 10.1. The molecule has 0 unspecified atom stereocenters. The van der Waals surface area contributed by atoms with Crippen LogP contribution in [0.25, 0.3) is 10.8 Å². The van der Waals surface area contributed by atoms with Gasteiger partial charge in [0.1, 0.15) is 11.5 Å². The summed E-state index contributed by atoms with van der Waals surface area (Å²) in [6.45, 7) is 0. The van der Waals surface area contributed by atoms with Crippen molar-refractivity contribution in [2.75, 3.05) is 22.1 Å². The number of nitrogen functional groups attached to an aromatic ring is 1. The van der Waals surface area contributed by atoms with Gasteiger partial charge in [-0.1, -0.05) is 60.3 Å². The number of aromatic nitrogens is 2. The summed E-state index contributed by atoms with van der Waals surface area (Å²) in [7, 11) is 0. The Morgan fingerprint density at radius 2 is 1.73 bits per heavy atom. The highest BCUT2D eigenvalue weighted by molar-refractivity contribution is 7.99. The third-order valence-electron chi connectivity index (χ3n) is 4.69.